The first kappa shape index (κ1) is 31.4. The maximum Gasteiger partial charge on any atom is 0.299 e. The molecule has 2 aromatic heterocycles. The summed E-state index contributed by atoms with van der Waals surface area (Å²) in [6.45, 7) is 11.4. The molecule has 0 fully saturated rings. The van der Waals surface area contributed by atoms with Gasteiger partial charge in [-0.25, -0.2) is 4.57 Å². The first-order valence-corrected chi connectivity index (χ1v) is 17.5. The Morgan fingerprint density at radius 3 is 2.06 bits per heavy atom. The molecule has 244 valence electrons. The summed E-state index contributed by atoms with van der Waals surface area (Å²) >= 11 is 0. The summed E-state index contributed by atoms with van der Waals surface area (Å²) in [4.78, 5) is 0. The van der Waals surface area contributed by atoms with Crippen LogP contribution in [0.3, 0.4) is 0 Å². The largest absolute Gasteiger partial charge is 0.455 e. The van der Waals surface area contributed by atoms with Crippen molar-refractivity contribution in [3.05, 3.63) is 144 Å². The third-order valence-electron chi connectivity index (χ3n) is 10.2. The van der Waals surface area contributed by atoms with Crippen molar-refractivity contribution in [1.82, 2.24) is 4.57 Å². The van der Waals surface area contributed by atoms with Crippen LogP contribution in [0, 0.1) is 18.3 Å². The van der Waals surface area contributed by atoms with Crippen LogP contribution in [0.1, 0.15) is 61.8 Å². The summed E-state index contributed by atoms with van der Waals surface area (Å²) in [7, 11) is 2.18. The fourth-order valence-corrected chi connectivity index (χ4v) is 7.65. The van der Waals surface area contributed by atoms with Crippen LogP contribution in [0.2, 0.25) is 0 Å². The number of hydrogen-bond acceptors (Lipinski definition) is 2. The highest BCUT2D eigenvalue weighted by Crippen LogP contribution is 2.43. The molecule has 0 saturated carbocycles. The molecule has 0 spiro atoms. The molecular formula is C46H40N3O+. The van der Waals surface area contributed by atoms with Crippen molar-refractivity contribution in [3.63, 3.8) is 0 Å². The van der Waals surface area contributed by atoms with Crippen molar-refractivity contribution in [2.45, 2.75) is 46.5 Å². The third-order valence-corrected chi connectivity index (χ3v) is 10.2. The van der Waals surface area contributed by atoms with Gasteiger partial charge in [0, 0.05) is 21.9 Å². The van der Waals surface area contributed by atoms with Gasteiger partial charge in [0.25, 0.3) is 5.82 Å². The Balaban J connectivity index is 1.46. The van der Waals surface area contributed by atoms with Crippen molar-refractivity contribution < 1.29 is 8.98 Å². The Hall–Kier alpha value is -5.92. The van der Waals surface area contributed by atoms with E-state index >= 15 is 0 Å². The van der Waals surface area contributed by atoms with Gasteiger partial charge in [-0.15, -0.1) is 0 Å². The number of nitriles is 1. The average Bonchev–Trinajstić information content (AvgIpc) is 3.65. The van der Waals surface area contributed by atoms with Crippen molar-refractivity contribution >= 4 is 33.0 Å². The molecule has 0 aliphatic carbocycles. The molecule has 0 atom stereocenters. The minimum Gasteiger partial charge on any atom is -0.455 e. The lowest BCUT2D eigenvalue weighted by atomic mass is 9.88. The predicted molar refractivity (Wildman–Crippen MR) is 206 cm³/mol. The molecule has 0 unspecified atom stereocenters. The number of benzene rings is 6. The van der Waals surface area contributed by atoms with E-state index < -0.39 is 0 Å². The number of aryl methyl sites for hydroxylation is 2. The molecule has 8 rings (SSSR count). The van der Waals surface area contributed by atoms with E-state index in [1.807, 2.05) is 24.3 Å². The average molecular weight is 651 g/mol. The second kappa shape index (κ2) is 12.2. The van der Waals surface area contributed by atoms with Crippen LogP contribution in [-0.4, -0.2) is 4.57 Å². The van der Waals surface area contributed by atoms with Crippen LogP contribution in [0.15, 0.2) is 126 Å². The van der Waals surface area contributed by atoms with Crippen LogP contribution in [0.25, 0.3) is 72.3 Å². The Morgan fingerprint density at radius 1 is 0.680 bits per heavy atom. The molecule has 0 aliphatic heterocycles. The van der Waals surface area contributed by atoms with Crippen LogP contribution in [0.4, 0.5) is 0 Å². The lowest BCUT2D eigenvalue weighted by Gasteiger charge is -2.21. The number of hydrogen-bond donors (Lipinski definition) is 0. The molecule has 2 heterocycles. The number of aromatic nitrogens is 2. The fraction of sp³-hybridized carbons (Fsp3) is 0.174. The summed E-state index contributed by atoms with van der Waals surface area (Å²) in [5.74, 6) is 1.64. The minimum atomic E-state index is 0.281. The van der Waals surface area contributed by atoms with Crippen molar-refractivity contribution in [2.24, 2.45) is 7.05 Å². The predicted octanol–water partition coefficient (Wildman–Crippen LogP) is 11.8. The lowest BCUT2D eigenvalue weighted by Crippen LogP contribution is -2.30. The zero-order valence-electron chi connectivity index (χ0n) is 29.5. The molecule has 6 aromatic carbocycles. The Morgan fingerprint density at radius 2 is 1.34 bits per heavy atom. The number of nitrogens with zero attached hydrogens (tertiary/aromatic N) is 3. The number of para-hydroxylation sites is 2. The van der Waals surface area contributed by atoms with Gasteiger partial charge in [-0.2, -0.15) is 9.83 Å². The summed E-state index contributed by atoms with van der Waals surface area (Å²) in [6, 6.07) is 45.0. The standard InChI is InChI=1S/C46H40N3O/c1-28(2)38-24-34(31-14-8-7-9-15-31)25-39(29(3)4)44(38)49-41-19-13-12-18-40(41)48(6)46(49)43-30(5)20-22-37-36-23-21-32(26-42(36)50-45(37)43)35-17-11-10-16-33(35)27-47/h7-26,28-29H,1-6H3/q+1. The zero-order valence-corrected chi connectivity index (χ0v) is 29.5. The Kier molecular flexibility index (Phi) is 7.65. The van der Waals surface area contributed by atoms with E-state index in [1.165, 1.54) is 27.9 Å². The van der Waals surface area contributed by atoms with E-state index in [1.54, 1.807) is 0 Å². The normalized spacial score (nSPS) is 11.7. The molecular weight excluding hydrogens is 611 g/mol. The number of furan rings is 1. The van der Waals surface area contributed by atoms with Gasteiger partial charge >= 0.3 is 0 Å². The van der Waals surface area contributed by atoms with Crippen molar-refractivity contribution in [3.8, 4) is 45.4 Å². The highest BCUT2D eigenvalue weighted by molar-refractivity contribution is 6.10. The molecule has 0 bridgehead atoms. The molecule has 0 saturated heterocycles. The maximum atomic E-state index is 9.81. The Labute approximate surface area is 293 Å². The molecule has 4 heteroatoms. The van der Waals surface area contributed by atoms with E-state index in [2.05, 4.69) is 154 Å². The zero-order chi connectivity index (χ0) is 34.7. The maximum absolute atomic E-state index is 9.81. The van der Waals surface area contributed by atoms with Crippen LogP contribution < -0.4 is 4.57 Å². The molecule has 0 radical (unpaired) electrons. The first-order valence-electron chi connectivity index (χ1n) is 17.5. The van der Waals surface area contributed by atoms with E-state index in [-0.39, 0.29) is 11.8 Å². The van der Waals surface area contributed by atoms with Gasteiger partial charge in [0.2, 0.25) is 0 Å². The van der Waals surface area contributed by atoms with Gasteiger partial charge in [0.1, 0.15) is 16.8 Å². The fourth-order valence-electron chi connectivity index (χ4n) is 7.65. The quantitative estimate of drug-likeness (QED) is 0.168. The van der Waals surface area contributed by atoms with Crippen LogP contribution >= 0.6 is 0 Å². The summed E-state index contributed by atoms with van der Waals surface area (Å²) in [5.41, 5.74) is 15.1. The second-order valence-electron chi connectivity index (χ2n) is 14.0. The van der Waals surface area contributed by atoms with E-state index in [0.717, 1.165) is 61.1 Å². The van der Waals surface area contributed by atoms with Crippen LogP contribution in [0.5, 0.6) is 0 Å². The van der Waals surface area contributed by atoms with Crippen molar-refractivity contribution in [2.75, 3.05) is 0 Å². The SMILES string of the molecule is Cc1ccc2c(oc3cc(-c4ccccc4C#N)ccc32)c1-c1n(-c2c(C(C)C)cc(-c3ccccc3)cc2C(C)C)c2ccccc2[n+]1C. The topological polar surface area (TPSA) is 45.7 Å². The highest BCUT2D eigenvalue weighted by atomic mass is 16.3. The van der Waals surface area contributed by atoms with E-state index in [4.69, 9.17) is 4.42 Å². The lowest BCUT2D eigenvalue weighted by molar-refractivity contribution is -0.633. The van der Waals surface area contributed by atoms with E-state index in [9.17, 15) is 5.26 Å². The summed E-state index contributed by atoms with van der Waals surface area (Å²) in [6.07, 6.45) is 0. The molecule has 8 aromatic rings. The molecule has 0 aliphatic rings. The van der Waals surface area contributed by atoms with Gasteiger partial charge in [-0.3, -0.25) is 0 Å². The van der Waals surface area contributed by atoms with Gasteiger partial charge < -0.3 is 4.42 Å². The molecule has 4 nitrogen and oxygen atoms in total. The minimum absolute atomic E-state index is 0.281. The summed E-state index contributed by atoms with van der Waals surface area (Å²) in [5, 5.41) is 11.9. The van der Waals surface area contributed by atoms with Crippen molar-refractivity contribution in [1.29, 1.82) is 5.26 Å². The second-order valence-corrected chi connectivity index (χ2v) is 14.0. The number of imidazole rings is 1. The van der Waals surface area contributed by atoms with Gasteiger partial charge in [-0.05, 0) is 89.0 Å². The van der Waals surface area contributed by atoms with Gasteiger partial charge in [0.05, 0.1) is 18.7 Å². The van der Waals surface area contributed by atoms with E-state index in [0.29, 0.717) is 5.56 Å². The molecule has 0 amide bonds. The smallest absolute Gasteiger partial charge is 0.299 e. The first-order chi connectivity index (χ1) is 24.3. The van der Waals surface area contributed by atoms with Gasteiger partial charge in [-0.1, -0.05) is 107 Å². The van der Waals surface area contributed by atoms with Gasteiger partial charge in [0.15, 0.2) is 16.6 Å². The monoisotopic (exact) mass is 650 g/mol. The number of fused-ring (bicyclic) bond motifs is 4. The number of rotatable bonds is 6. The van der Waals surface area contributed by atoms with Crippen LogP contribution in [-0.2, 0) is 7.05 Å². The Bertz CT molecular complexity index is 2600. The molecule has 0 N–H and O–H groups in total. The molecule has 50 heavy (non-hydrogen) atoms. The third kappa shape index (κ3) is 4.92. The summed E-state index contributed by atoms with van der Waals surface area (Å²) < 4.78 is 11.7. The highest BCUT2D eigenvalue weighted by Gasteiger charge is 2.34.